The van der Waals surface area contributed by atoms with Crippen molar-refractivity contribution in [3.8, 4) is 0 Å². The molecule has 3 heteroatoms. The van der Waals surface area contributed by atoms with Crippen molar-refractivity contribution in [1.82, 2.24) is 0 Å². The highest BCUT2D eigenvalue weighted by molar-refractivity contribution is 5.99. The minimum absolute atomic E-state index is 0.0387. The van der Waals surface area contributed by atoms with E-state index >= 15 is 0 Å². The van der Waals surface area contributed by atoms with Crippen LogP contribution in [0.15, 0.2) is 49.6 Å². The topological polar surface area (TPSA) is 38.3 Å². The average Bonchev–Trinajstić information content (AvgIpc) is 2.51. The van der Waals surface area contributed by atoms with Gasteiger partial charge in [0.1, 0.15) is 0 Å². The van der Waals surface area contributed by atoms with Gasteiger partial charge in [0.05, 0.1) is 11.5 Å². The van der Waals surface area contributed by atoms with Crippen LogP contribution in [-0.4, -0.2) is 13.0 Å². The molecule has 0 unspecified atom stereocenters. The number of rotatable bonds is 7. The second-order valence-electron chi connectivity index (χ2n) is 5.47. The van der Waals surface area contributed by atoms with Crippen LogP contribution in [0.3, 0.4) is 0 Å². The summed E-state index contributed by atoms with van der Waals surface area (Å²) >= 11 is 0. The number of hydrogen-bond acceptors (Lipinski definition) is 2. The van der Waals surface area contributed by atoms with Crippen LogP contribution in [0.5, 0.6) is 0 Å². The van der Waals surface area contributed by atoms with Gasteiger partial charge >= 0.3 is 0 Å². The molecule has 1 aliphatic heterocycles. The zero-order valence-electron chi connectivity index (χ0n) is 12.6. The van der Waals surface area contributed by atoms with Gasteiger partial charge in [0.2, 0.25) is 5.91 Å². The molecule has 0 aromatic heterocycles. The third kappa shape index (κ3) is 2.79. The molecule has 1 aromatic carbocycles. The number of nitrogens with one attached hydrogen (secondary N) is 1. The molecular weight excluding hydrogens is 262 g/mol. The first-order valence-electron chi connectivity index (χ1n) is 7.34. The Morgan fingerprint density at radius 2 is 1.86 bits per heavy atom. The summed E-state index contributed by atoms with van der Waals surface area (Å²) in [7, 11) is 1.68. The van der Waals surface area contributed by atoms with Crippen LogP contribution in [0.1, 0.15) is 37.4 Å². The van der Waals surface area contributed by atoms with Gasteiger partial charge < -0.3 is 10.1 Å². The van der Waals surface area contributed by atoms with E-state index in [1.807, 2.05) is 36.4 Å². The number of ether oxygens (including phenoxy) is 1. The fraction of sp³-hybridized carbons (Fsp3) is 0.389. The van der Waals surface area contributed by atoms with E-state index in [1.54, 1.807) is 7.11 Å². The molecule has 0 spiro atoms. The van der Waals surface area contributed by atoms with E-state index in [1.165, 1.54) is 0 Å². The molecular formula is C18H23NO2. The number of fused-ring (bicyclic) bond motifs is 1. The van der Waals surface area contributed by atoms with Gasteiger partial charge in [0, 0.05) is 18.4 Å². The van der Waals surface area contributed by atoms with E-state index in [4.69, 9.17) is 4.74 Å². The summed E-state index contributed by atoms with van der Waals surface area (Å²) in [6.45, 7) is 7.57. The third-order valence-electron chi connectivity index (χ3n) is 4.27. The quantitative estimate of drug-likeness (QED) is 0.761. The van der Waals surface area contributed by atoms with E-state index < -0.39 is 5.41 Å². The van der Waals surface area contributed by atoms with E-state index in [0.717, 1.165) is 36.9 Å². The summed E-state index contributed by atoms with van der Waals surface area (Å²) in [4.78, 5) is 12.8. The third-order valence-corrected chi connectivity index (χ3v) is 4.27. The van der Waals surface area contributed by atoms with Crippen molar-refractivity contribution in [3.63, 3.8) is 0 Å². The number of carbonyl (C=O) groups excluding carboxylic acids is 1. The van der Waals surface area contributed by atoms with Gasteiger partial charge in [-0.15, -0.1) is 13.2 Å². The molecule has 1 aliphatic rings. The molecule has 2 rings (SSSR count). The molecule has 1 aromatic rings. The minimum Gasteiger partial charge on any atom is -0.376 e. The first kappa shape index (κ1) is 15.5. The van der Waals surface area contributed by atoms with E-state index in [2.05, 4.69) is 18.5 Å². The molecule has 0 saturated carbocycles. The Hall–Kier alpha value is -1.87. The Kier molecular flexibility index (Phi) is 4.97. The maximum absolute atomic E-state index is 12.8. The highest BCUT2D eigenvalue weighted by Crippen LogP contribution is 2.50. The lowest BCUT2D eigenvalue weighted by Gasteiger charge is -2.43. The SMILES string of the molecule is C=CCCC1(CCC=C)C(=O)Nc2ccccc2[C@H]1OC. The van der Waals surface area contributed by atoms with Crippen LogP contribution >= 0.6 is 0 Å². The average molecular weight is 285 g/mol. The predicted molar refractivity (Wildman–Crippen MR) is 86.1 cm³/mol. The van der Waals surface area contributed by atoms with Crippen LogP contribution < -0.4 is 5.32 Å². The number of hydrogen-bond donors (Lipinski definition) is 1. The van der Waals surface area contributed by atoms with Crippen LogP contribution in [-0.2, 0) is 9.53 Å². The normalized spacial score (nSPS) is 19.5. The summed E-state index contributed by atoms with van der Waals surface area (Å²) in [6.07, 6.45) is 6.50. The van der Waals surface area contributed by atoms with Crippen molar-refractivity contribution in [3.05, 3.63) is 55.1 Å². The molecule has 0 fully saturated rings. The zero-order chi connectivity index (χ0) is 15.3. The van der Waals surface area contributed by atoms with Crippen LogP contribution in [0, 0.1) is 5.41 Å². The Bertz CT molecular complexity index is 524. The van der Waals surface area contributed by atoms with Crippen LogP contribution in [0.4, 0.5) is 5.69 Å². The summed E-state index contributed by atoms with van der Waals surface area (Å²) in [5.41, 5.74) is 1.33. The van der Waals surface area contributed by atoms with Crippen molar-refractivity contribution in [2.24, 2.45) is 5.41 Å². The second kappa shape index (κ2) is 6.72. The summed E-state index contributed by atoms with van der Waals surface area (Å²) in [5, 5.41) is 3.05. The van der Waals surface area contributed by atoms with Gasteiger partial charge in [0.15, 0.2) is 0 Å². The molecule has 21 heavy (non-hydrogen) atoms. The van der Waals surface area contributed by atoms with Gasteiger partial charge in [-0.2, -0.15) is 0 Å². The molecule has 112 valence electrons. The monoisotopic (exact) mass is 285 g/mol. The molecule has 1 atom stereocenters. The Morgan fingerprint density at radius 3 is 2.43 bits per heavy atom. The van der Waals surface area contributed by atoms with Crippen molar-refractivity contribution < 1.29 is 9.53 Å². The van der Waals surface area contributed by atoms with Gasteiger partial charge in [-0.3, -0.25) is 4.79 Å². The molecule has 0 bridgehead atoms. The van der Waals surface area contributed by atoms with Crippen molar-refractivity contribution in [2.75, 3.05) is 12.4 Å². The second-order valence-corrected chi connectivity index (χ2v) is 5.47. The molecule has 1 amide bonds. The number of benzene rings is 1. The maximum Gasteiger partial charge on any atom is 0.233 e. The smallest absolute Gasteiger partial charge is 0.233 e. The first-order valence-corrected chi connectivity index (χ1v) is 7.34. The molecule has 0 saturated heterocycles. The van der Waals surface area contributed by atoms with E-state index in [0.29, 0.717) is 0 Å². The fourth-order valence-electron chi connectivity index (χ4n) is 3.19. The molecule has 1 heterocycles. The maximum atomic E-state index is 12.8. The number of anilines is 1. The van der Waals surface area contributed by atoms with E-state index in [9.17, 15) is 4.79 Å². The lowest BCUT2D eigenvalue weighted by Crippen LogP contribution is -2.45. The van der Waals surface area contributed by atoms with Gasteiger partial charge in [0.25, 0.3) is 0 Å². The van der Waals surface area contributed by atoms with Crippen molar-refractivity contribution >= 4 is 11.6 Å². The number of para-hydroxylation sites is 1. The zero-order valence-corrected chi connectivity index (χ0v) is 12.6. The van der Waals surface area contributed by atoms with Gasteiger partial charge in [-0.05, 0) is 31.7 Å². The predicted octanol–water partition coefficient (Wildman–Crippen LogP) is 4.25. The van der Waals surface area contributed by atoms with Crippen LogP contribution in [0.2, 0.25) is 0 Å². The Morgan fingerprint density at radius 1 is 1.24 bits per heavy atom. The lowest BCUT2D eigenvalue weighted by atomic mass is 9.69. The molecule has 3 nitrogen and oxygen atoms in total. The number of allylic oxidation sites excluding steroid dienone is 2. The molecule has 0 radical (unpaired) electrons. The standard InChI is InChI=1S/C18H23NO2/c1-4-6-12-18(13-7-5-2)16(21-3)14-10-8-9-11-15(14)19-17(18)20/h4-5,8-11,16H,1-2,6-7,12-13H2,3H3,(H,19,20)/t16-/m1/s1. The Balaban J connectivity index is 2.47. The highest BCUT2D eigenvalue weighted by Gasteiger charge is 2.49. The van der Waals surface area contributed by atoms with Crippen molar-refractivity contribution in [1.29, 1.82) is 0 Å². The lowest BCUT2D eigenvalue weighted by molar-refractivity contribution is -0.137. The first-order chi connectivity index (χ1) is 10.2. The number of amides is 1. The Labute approximate surface area is 126 Å². The number of methoxy groups -OCH3 is 1. The largest absolute Gasteiger partial charge is 0.376 e. The summed E-state index contributed by atoms with van der Waals surface area (Å²) < 4.78 is 5.77. The summed E-state index contributed by atoms with van der Waals surface area (Å²) in [6, 6.07) is 7.85. The van der Waals surface area contributed by atoms with E-state index in [-0.39, 0.29) is 12.0 Å². The van der Waals surface area contributed by atoms with Crippen LogP contribution in [0.25, 0.3) is 0 Å². The minimum atomic E-state index is -0.564. The number of carbonyl (C=O) groups is 1. The van der Waals surface area contributed by atoms with Crippen molar-refractivity contribution in [2.45, 2.75) is 31.8 Å². The molecule has 1 N–H and O–H groups in total. The fourth-order valence-corrected chi connectivity index (χ4v) is 3.19. The van der Waals surface area contributed by atoms with Gasteiger partial charge in [-0.1, -0.05) is 30.4 Å². The van der Waals surface area contributed by atoms with Gasteiger partial charge in [-0.25, -0.2) is 0 Å². The summed E-state index contributed by atoms with van der Waals surface area (Å²) in [5.74, 6) is 0.0387. The highest BCUT2D eigenvalue weighted by atomic mass is 16.5. The molecule has 0 aliphatic carbocycles.